The minimum absolute atomic E-state index is 0.208. The fourth-order valence-electron chi connectivity index (χ4n) is 3.10. The standard InChI is InChI=1S/C16H14BrN3O2/c1-9-6-11-14(8-19-9)22-13-3-2-10(17)7-12(13)16(11)4-5-21-15(18)20-16/h2-3,6-8H,4-5H2,1H3,(H2,18,20)/t16-/m1/s1. The lowest BCUT2D eigenvalue weighted by atomic mass is 9.78. The van der Waals surface area contributed by atoms with Crippen LogP contribution in [0.5, 0.6) is 11.5 Å². The molecular weight excluding hydrogens is 346 g/mol. The summed E-state index contributed by atoms with van der Waals surface area (Å²) >= 11 is 3.53. The summed E-state index contributed by atoms with van der Waals surface area (Å²) < 4.78 is 12.3. The van der Waals surface area contributed by atoms with E-state index in [-0.39, 0.29) is 6.02 Å². The number of fused-ring (bicyclic) bond motifs is 4. The van der Waals surface area contributed by atoms with Crippen LogP contribution in [0.4, 0.5) is 0 Å². The van der Waals surface area contributed by atoms with Crippen molar-refractivity contribution in [3.05, 3.63) is 51.8 Å². The number of hydrogen-bond donors (Lipinski definition) is 1. The number of halogens is 1. The maximum atomic E-state index is 6.02. The van der Waals surface area contributed by atoms with Gasteiger partial charge in [0.05, 0.1) is 12.8 Å². The van der Waals surface area contributed by atoms with Crippen molar-refractivity contribution in [2.24, 2.45) is 10.7 Å². The summed E-state index contributed by atoms with van der Waals surface area (Å²) in [6.45, 7) is 2.47. The Hall–Kier alpha value is -2.08. The van der Waals surface area contributed by atoms with E-state index in [4.69, 9.17) is 15.2 Å². The molecule has 2 aliphatic rings. The average Bonchev–Trinajstić information content (AvgIpc) is 2.49. The number of rotatable bonds is 0. The molecule has 0 saturated carbocycles. The van der Waals surface area contributed by atoms with Crippen molar-refractivity contribution in [3.63, 3.8) is 0 Å². The number of pyridine rings is 1. The summed E-state index contributed by atoms with van der Waals surface area (Å²) in [5, 5.41) is 0. The Morgan fingerprint density at radius 1 is 1.23 bits per heavy atom. The van der Waals surface area contributed by atoms with E-state index in [0.717, 1.165) is 32.8 Å². The molecule has 0 radical (unpaired) electrons. The molecule has 1 aromatic carbocycles. The Bertz CT molecular complexity index is 752. The molecule has 2 N–H and O–H groups in total. The minimum Gasteiger partial charge on any atom is -0.465 e. The summed E-state index contributed by atoms with van der Waals surface area (Å²) in [4.78, 5) is 9.02. The van der Waals surface area contributed by atoms with Gasteiger partial charge < -0.3 is 15.2 Å². The second-order valence-electron chi connectivity index (χ2n) is 5.47. The molecule has 1 atom stereocenters. The number of hydrogen-bond acceptors (Lipinski definition) is 5. The van der Waals surface area contributed by atoms with Crippen LogP contribution in [-0.4, -0.2) is 17.6 Å². The number of nitrogens with zero attached hydrogens (tertiary/aromatic N) is 2. The van der Waals surface area contributed by atoms with E-state index in [9.17, 15) is 0 Å². The summed E-state index contributed by atoms with van der Waals surface area (Å²) in [6.07, 6.45) is 2.45. The van der Waals surface area contributed by atoms with Crippen molar-refractivity contribution in [2.75, 3.05) is 6.61 Å². The highest BCUT2D eigenvalue weighted by atomic mass is 79.9. The smallest absolute Gasteiger partial charge is 0.283 e. The molecule has 0 amide bonds. The van der Waals surface area contributed by atoms with Crippen molar-refractivity contribution >= 4 is 22.0 Å². The first-order valence-corrected chi connectivity index (χ1v) is 7.81. The number of amidine groups is 1. The van der Waals surface area contributed by atoms with Gasteiger partial charge in [-0.1, -0.05) is 15.9 Å². The van der Waals surface area contributed by atoms with Gasteiger partial charge in [-0.05, 0) is 31.2 Å². The number of aryl methyl sites for hydroxylation is 1. The highest BCUT2D eigenvalue weighted by Crippen LogP contribution is 2.52. The van der Waals surface area contributed by atoms with Crippen molar-refractivity contribution in [3.8, 4) is 11.5 Å². The molecule has 6 heteroatoms. The molecule has 0 unspecified atom stereocenters. The lowest BCUT2D eigenvalue weighted by Gasteiger charge is -2.39. The summed E-state index contributed by atoms with van der Waals surface area (Å²) in [5.74, 6) is 1.50. The molecule has 3 heterocycles. The average molecular weight is 360 g/mol. The number of aliphatic imine (C=N–C) groups is 1. The van der Waals surface area contributed by atoms with Crippen LogP contribution >= 0.6 is 15.9 Å². The summed E-state index contributed by atoms with van der Waals surface area (Å²) in [6, 6.07) is 8.15. The molecule has 0 fully saturated rings. The second-order valence-corrected chi connectivity index (χ2v) is 6.39. The SMILES string of the molecule is Cc1cc2c(cn1)Oc1ccc(Br)cc1[C@@]21CCOC(N)=N1. The molecule has 0 saturated heterocycles. The summed E-state index contributed by atoms with van der Waals surface area (Å²) in [7, 11) is 0. The first-order chi connectivity index (χ1) is 10.6. The fourth-order valence-corrected chi connectivity index (χ4v) is 3.46. The normalized spacial score (nSPS) is 22.2. The molecule has 1 spiro atoms. The Balaban J connectivity index is 2.05. The predicted octanol–water partition coefficient (Wildman–Crippen LogP) is 3.24. The molecule has 0 bridgehead atoms. The molecule has 5 nitrogen and oxygen atoms in total. The highest BCUT2D eigenvalue weighted by Gasteiger charge is 2.44. The maximum absolute atomic E-state index is 6.02. The third-order valence-electron chi connectivity index (χ3n) is 4.07. The molecular formula is C16H14BrN3O2. The van der Waals surface area contributed by atoms with Crippen LogP contribution in [0.2, 0.25) is 0 Å². The summed E-state index contributed by atoms with van der Waals surface area (Å²) in [5.41, 5.74) is 8.20. The zero-order chi connectivity index (χ0) is 15.3. The van der Waals surface area contributed by atoms with E-state index in [1.165, 1.54) is 0 Å². The second kappa shape index (κ2) is 4.71. The van der Waals surface area contributed by atoms with Gasteiger partial charge >= 0.3 is 0 Å². The number of ether oxygens (including phenoxy) is 2. The number of benzene rings is 1. The molecule has 22 heavy (non-hydrogen) atoms. The number of aromatic nitrogens is 1. The Morgan fingerprint density at radius 3 is 2.86 bits per heavy atom. The van der Waals surface area contributed by atoms with Gasteiger partial charge in [-0.15, -0.1) is 0 Å². The number of nitrogens with two attached hydrogens (primary N) is 1. The van der Waals surface area contributed by atoms with Gasteiger partial charge in [-0.25, -0.2) is 4.99 Å². The van der Waals surface area contributed by atoms with Crippen molar-refractivity contribution in [1.29, 1.82) is 0 Å². The molecule has 2 aromatic rings. The Morgan fingerprint density at radius 2 is 2.05 bits per heavy atom. The van der Waals surface area contributed by atoms with Gasteiger partial charge in [-0.3, -0.25) is 4.98 Å². The van der Waals surface area contributed by atoms with Crippen LogP contribution in [0.1, 0.15) is 23.2 Å². The van der Waals surface area contributed by atoms with E-state index in [1.807, 2.05) is 31.2 Å². The van der Waals surface area contributed by atoms with Gasteiger partial charge in [0.15, 0.2) is 5.75 Å². The van der Waals surface area contributed by atoms with Crippen LogP contribution in [0.15, 0.2) is 39.9 Å². The van der Waals surface area contributed by atoms with Crippen LogP contribution in [0, 0.1) is 6.92 Å². The van der Waals surface area contributed by atoms with Crippen molar-refractivity contribution < 1.29 is 9.47 Å². The predicted molar refractivity (Wildman–Crippen MR) is 86.2 cm³/mol. The maximum Gasteiger partial charge on any atom is 0.283 e. The lowest BCUT2D eigenvalue weighted by molar-refractivity contribution is 0.219. The van der Waals surface area contributed by atoms with Crippen LogP contribution in [0.3, 0.4) is 0 Å². The minimum atomic E-state index is -0.581. The van der Waals surface area contributed by atoms with E-state index in [2.05, 4.69) is 25.9 Å². The lowest BCUT2D eigenvalue weighted by Crippen LogP contribution is -2.38. The van der Waals surface area contributed by atoms with E-state index < -0.39 is 5.54 Å². The zero-order valence-electron chi connectivity index (χ0n) is 12.0. The van der Waals surface area contributed by atoms with Gasteiger partial charge in [0.1, 0.15) is 11.3 Å². The molecule has 2 aliphatic heterocycles. The van der Waals surface area contributed by atoms with Crippen LogP contribution < -0.4 is 10.5 Å². The van der Waals surface area contributed by atoms with Crippen LogP contribution in [0.25, 0.3) is 0 Å². The van der Waals surface area contributed by atoms with Crippen molar-refractivity contribution in [1.82, 2.24) is 4.98 Å². The fraction of sp³-hybridized carbons (Fsp3) is 0.250. The van der Waals surface area contributed by atoms with E-state index in [1.54, 1.807) is 6.20 Å². The van der Waals surface area contributed by atoms with Crippen LogP contribution in [-0.2, 0) is 10.3 Å². The van der Waals surface area contributed by atoms with Gasteiger partial charge in [-0.2, -0.15) is 0 Å². The quantitative estimate of drug-likeness (QED) is 0.783. The first kappa shape index (κ1) is 13.6. The van der Waals surface area contributed by atoms with Crippen molar-refractivity contribution in [2.45, 2.75) is 18.9 Å². The molecule has 1 aromatic heterocycles. The third-order valence-corrected chi connectivity index (χ3v) is 4.56. The first-order valence-electron chi connectivity index (χ1n) is 7.02. The highest BCUT2D eigenvalue weighted by molar-refractivity contribution is 9.10. The van der Waals surface area contributed by atoms with Gasteiger partial charge in [0.2, 0.25) is 0 Å². The molecule has 112 valence electrons. The zero-order valence-corrected chi connectivity index (χ0v) is 13.6. The van der Waals surface area contributed by atoms with Gasteiger partial charge in [0, 0.05) is 27.7 Å². The molecule has 0 aliphatic carbocycles. The Labute approximate surface area is 136 Å². The monoisotopic (exact) mass is 359 g/mol. The molecule has 4 rings (SSSR count). The van der Waals surface area contributed by atoms with Gasteiger partial charge in [0.25, 0.3) is 6.02 Å². The largest absolute Gasteiger partial charge is 0.465 e. The topological polar surface area (TPSA) is 69.7 Å². The van der Waals surface area contributed by atoms with E-state index in [0.29, 0.717) is 13.0 Å². The van der Waals surface area contributed by atoms with E-state index >= 15 is 0 Å². The third kappa shape index (κ3) is 1.90. The Kier molecular flexibility index (Phi) is 2.91.